The van der Waals surface area contributed by atoms with Gasteiger partial charge in [-0.1, -0.05) is 32.3 Å². The highest BCUT2D eigenvalue weighted by molar-refractivity contribution is 5.91. The van der Waals surface area contributed by atoms with E-state index in [1.165, 1.54) is 32.1 Å². The molecule has 0 bridgehead atoms. The molecule has 116 valence electrons. The highest BCUT2D eigenvalue weighted by Crippen LogP contribution is 2.32. The van der Waals surface area contributed by atoms with E-state index in [9.17, 15) is 4.79 Å². The van der Waals surface area contributed by atoms with Gasteiger partial charge in [0.1, 0.15) is 5.82 Å². The molecule has 1 aliphatic rings. The van der Waals surface area contributed by atoms with Crippen molar-refractivity contribution >= 4 is 11.7 Å². The molecule has 4 nitrogen and oxygen atoms in total. The quantitative estimate of drug-likeness (QED) is 0.842. The molecule has 21 heavy (non-hydrogen) atoms. The van der Waals surface area contributed by atoms with Crippen molar-refractivity contribution in [1.82, 2.24) is 4.98 Å². The minimum atomic E-state index is -0.0248. The van der Waals surface area contributed by atoms with Crippen molar-refractivity contribution in [2.24, 2.45) is 11.8 Å². The molecule has 2 rings (SSSR count). The highest BCUT2D eigenvalue weighted by atomic mass is 16.3. The van der Waals surface area contributed by atoms with Crippen molar-refractivity contribution in [3.8, 4) is 0 Å². The van der Waals surface area contributed by atoms with E-state index in [1.54, 1.807) is 18.3 Å². The molecule has 2 N–H and O–H groups in total. The molecule has 1 aromatic heterocycles. The monoisotopic (exact) mass is 290 g/mol. The number of hydrogen-bond acceptors (Lipinski definition) is 3. The van der Waals surface area contributed by atoms with Crippen LogP contribution in [0.25, 0.3) is 0 Å². The van der Waals surface area contributed by atoms with Gasteiger partial charge in [-0.15, -0.1) is 0 Å². The fourth-order valence-electron chi connectivity index (χ4n) is 3.03. The molecular formula is C17H26N2O2. The SMILES string of the molecule is CCCCC1CCC(C(=O)Nc2ccc(CO)cn2)CC1. The van der Waals surface area contributed by atoms with Crippen molar-refractivity contribution in [3.05, 3.63) is 23.9 Å². The van der Waals surface area contributed by atoms with E-state index < -0.39 is 0 Å². The summed E-state index contributed by atoms with van der Waals surface area (Å²) in [6, 6.07) is 3.53. The summed E-state index contributed by atoms with van der Waals surface area (Å²) in [4.78, 5) is 16.4. The Morgan fingerprint density at radius 1 is 1.33 bits per heavy atom. The van der Waals surface area contributed by atoms with Crippen molar-refractivity contribution in [3.63, 3.8) is 0 Å². The van der Waals surface area contributed by atoms with Crippen LogP contribution in [0.15, 0.2) is 18.3 Å². The summed E-state index contributed by atoms with van der Waals surface area (Å²) in [6.45, 7) is 2.21. The van der Waals surface area contributed by atoms with E-state index >= 15 is 0 Å². The second-order valence-corrected chi connectivity index (χ2v) is 6.06. The third-order valence-corrected chi connectivity index (χ3v) is 4.44. The Labute approximate surface area is 127 Å². The second-order valence-electron chi connectivity index (χ2n) is 6.06. The number of unbranched alkanes of at least 4 members (excludes halogenated alkanes) is 1. The van der Waals surface area contributed by atoms with E-state index in [1.807, 2.05) is 0 Å². The lowest BCUT2D eigenvalue weighted by Crippen LogP contribution is -2.27. The van der Waals surface area contributed by atoms with Gasteiger partial charge in [-0.05, 0) is 43.2 Å². The van der Waals surface area contributed by atoms with Gasteiger partial charge >= 0.3 is 0 Å². The van der Waals surface area contributed by atoms with Crippen LogP contribution in [0.2, 0.25) is 0 Å². The predicted octanol–water partition coefficient (Wildman–Crippen LogP) is 3.51. The summed E-state index contributed by atoms with van der Waals surface area (Å²) < 4.78 is 0. The first-order valence-corrected chi connectivity index (χ1v) is 8.09. The number of pyridine rings is 1. The number of nitrogens with zero attached hydrogens (tertiary/aromatic N) is 1. The predicted molar refractivity (Wildman–Crippen MR) is 83.8 cm³/mol. The van der Waals surface area contributed by atoms with Gasteiger partial charge in [-0.3, -0.25) is 4.79 Å². The van der Waals surface area contributed by atoms with E-state index in [4.69, 9.17) is 5.11 Å². The number of nitrogens with one attached hydrogen (secondary N) is 1. The normalized spacial score (nSPS) is 22.0. The van der Waals surface area contributed by atoms with Crippen LogP contribution in [0.1, 0.15) is 57.4 Å². The molecule has 0 spiro atoms. The van der Waals surface area contributed by atoms with Gasteiger partial charge in [0, 0.05) is 12.1 Å². The number of carbonyl (C=O) groups excluding carboxylic acids is 1. The average Bonchev–Trinajstić information content (AvgIpc) is 2.54. The largest absolute Gasteiger partial charge is 0.392 e. The Morgan fingerprint density at radius 3 is 2.67 bits per heavy atom. The van der Waals surface area contributed by atoms with Gasteiger partial charge < -0.3 is 10.4 Å². The van der Waals surface area contributed by atoms with Crippen molar-refractivity contribution in [2.45, 2.75) is 58.5 Å². The summed E-state index contributed by atoms with van der Waals surface area (Å²) in [5.41, 5.74) is 0.754. The number of hydrogen-bond donors (Lipinski definition) is 2. The van der Waals surface area contributed by atoms with Gasteiger partial charge in [0.05, 0.1) is 6.61 Å². The molecule has 0 atom stereocenters. The molecular weight excluding hydrogens is 264 g/mol. The number of aliphatic hydroxyl groups is 1. The number of carbonyl (C=O) groups is 1. The molecule has 0 unspecified atom stereocenters. The Kier molecular flexibility index (Phi) is 6.18. The van der Waals surface area contributed by atoms with Crippen LogP contribution >= 0.6 is 0 Å². The lowest BCUT2D eigenvalue weighted by molar-refractivity contribution is -0.121. The topological polar surface area (TPSA) is 62.2 Å². The van der Waals surface area contributed by atoms with Gasteiger partial charge in [-0.2, -0.15) is 0 Å². The summed E-state index contributed by atoms with van der Waals surface area (Å²) >= 11 is 0. The fraction of sp³-hybridized carbons (Fsp3) is 0.647. The lowest BCUT2D eigenvalue weighted by atomic mass is 9.79. The minimum Gasteiger partial charge on any atom is -0.392 e. The number of aliphatic hydroxyl groups excluding tert-OH is 1. The minimum absolute atomic E-state index is 0.0248. The zero-order chi connectivity index (χ0) is 15.1. The first kappa shape index (κ1) is 16.0. The first-order valence-electron chi connectivity index (χ1n) is 8.09. The Balaban J connectivity index is 1.78. The van der Waals surface area contributed by atoms with Crippen LogP contribution in [0.3, 0.4) is 0 Å². The third-order valence-electron chi connectivity index (χ3n) is 4.44. The van der Waals surface area contributed by atoms with Gasteiger partial charge in [0.15, 0.2) is 0 Å². The number of anilines is 1. The second kappa shape index (κ2) is 8.13. The summed E-state index contributed by atoms with van der Waals surface area (Å²) in [6.07, 6.45) is 9.82. The molecule has 1 aliphatic carbocycles. The van der Waals surface area contributed by atoms with Gasteiger partial charge in [-0.25, -0.2) is 4.98 Å². The van der Waals surface area contributed by atoms with E-state index in [0.29, 0.717) is 5.82 Å². The zero-order valence-electron chi connectivity index (χ0n) is 12.8. The molecule has 0 aromatic carbocycles. The molecule has 1 amide bonds. The highest BCUT2D eigenvalue weighted by Gasteiger charge is 2.26. The third kappa shape index (κ3) is 4.81. The van der Waals surface area contributed by atoms with E-state index in [0.717, 1.165) is 24.3 Å². The molecule has 1 aromatic rings. The standard InChI is InChI=1S/C17H26N2O2/c1-2-3-4-13-5-8-15(9-6-13)17(21)19-16-10-7-14(12-20)11-18-16/h7,10-11,13,15,20H,2-6,8-9,12H2,1H3,(H,18,19,21). The number of amides is 1. The molecule has 1 saturated carbocycles. The van der Waals surface area contributed by atoms with Crippen LogP contribution in [0.5, 0.6) is 0 Å². The number of rotatable bonds is 6. The van der Waals surface area contributed by atoms with Crippen molar-refractivity contribution in [1.29, 1.82) is 0 Å². The van der Waals surface area contributed by atoms with Crippen LogP contribution in [0.4, 0.5) is 5.82 Å². The maximum Gasteiger partial charge on any atom is 0.228 e. The van der Waals surface area contributed by atoms with Crippen LogP contribution in [0, 0.1) is 11.8 Å². The molecule has 4 heteroatoms. The van der Waals surface area contributed by atoms with Gasteiger partial charge in [0.2, 0.25) is 5.91 Å². The Morgan fingerprint density at radius 2 is 2.10 bits per heavy atom. The van der Waals surface area contributed by atoms with Crippen LogP contribution in [-0.4, -0.2) is 16.0 Å². The van der Waals surface area contributed by atoms with Crippen molar-refractivity contribution < 1.29 is 9.90 Å². The number of aromatic nitrogens is 1. The molecule has 0 aliphatic heterocycles. The molecule has 1 fully saturated rings. The van der Waals surface area contributed by atoms with E-state index in [-0.39, 0.29) is 18.4 Å². The molecule has 1 heterocycles. The summed E-state index contributed by atoms with van der Waals surface area (Å²) in [7, 11) is 0. The Hall–Kier alpha value is -1.42. The van der Waals surface area contributed by atoms with Crippen molar-refractivity contribution in [2.75, 3.05) is 5.32 Å². The van der Waals surface area contributed by atoms with Crippen LogP contribution in [-0.2, 0) is 11.4 Å². The summed E-state index contributed by atoms with van der Waals surface area (Å²) in [5, 5.41) is 11.9. The fourth-order valence-corrected chi connectivity index (χ4v) is 3.03. The molecule has 0 radical (unpaired) electrons. The zero-order valence-corrected chi connectivity index (χ0v) is 12.8. The van der Waals surface area contributed by atoms with E-state index in [2.05, 4.69) is 17.2 Å². The Bertz CT molecular complexity index is 437. The average molecular weight is 290 g/mol. The van der Waals surface area contributed by atoms with Gasteiger partial charge in [0.25, 0.3) is 0 Å². The smallest absolute Gasteiger partial charge is 0.228 e. The maximum absolute atomic E-state index is 12.2. The lowest BCUT2D eigenvalue weighted by Gasteiger charge is -2.27. The molecule has 0 saturated heterocycles. The maximum atomic E-state index is 12.2. The van der Waals surface area contributed by atoms with Crippen LogP contribution < -0.4 is 5.32 Å². The first-order chi connectivity index (χ1) is 10.2. The summed E-state index contributed by atoms with van der Waals surface area (Å²) in [5.74, 6) is 1.61.